The van der Waals surface area contributed by atoms with Crippen LogP contribution < -0.4 is 5.32 Å². The molecule has 1 fully saturated rings. The van der Waals surface area contributed by atoms with Crippen LogP contribution in [-0.4, -0.2) is 16.4 Å². The molecule has 3 rings (SSSR count). The Balaban J connectivity index is 1.92. The quantitative estimate of drug-likeness (QED) is 0.844. The van der Waals surface area contributed by atoms with Crippen LogP contribution in [0.1, 0.15) is 32.6 Å². The van der Waals surface area contributed by atoms with Crippen LogP contribution in [0, 0.1) is 5.92 Å². The van der Waals surface area contributed by atoms with Crippen molar-refractivity contribution < 1.29 is 4.42 Å². The fourth-order valence-corrected chi connectivity index (χ4v) is 3.48. The summed E-state index contributed by atoms with van der Waals surface area (Å²) in [6.07, 6.45) is 8.21. The molecule has 2 unspecified atom stereocenters. The van der Waals surface area contributed by atoms with Crippen molar-refractivity contribution in [3.05, 3.63) is 24.6 Å². The number of alkyl halides is 1. The van der Waals surface area contributed by atoms with Crippen LogP contribution in [0.4, 0.5) is 5.82 Å². The lowest BCUT2D eigenvalue weighted by atomic mass is 9.77. The van der Waals surface area contributed by atoms with Gasteiger partial charge in [0.15, 0.2) is 0 Å². The van der Waals surface area contributed by atoms with Crippen LogP contribution in [0.25, 0.3) is 11.0 Å². The molecule has 0 aliphatic heterocycles. The minimum atomic E-state index is -0.0300. The van der Waals surface area contributed by atoms with Crippen molar-refractivity contribution in [2.24, 2.45) is 5.92 Å². The van der Waals surface area contributed by atoms with Gasteiger partial charge in [-0.05, 0) is 30.9 Å². The molecule has 2 atom stereocenters. The van der Waals surface area contributed by atoms with E-state index in [2.05, 4.69) is 17.2 Å². The summed E-state index contributed by atoms with van der Waals surface area (Å²) in [5.41, 5.74) is 0.837. The molecule has 4 heteroatoms. The van der Waals surface area contributed by atoms with E-state index in [0.717, 1.165) is 29.6 Å². The standard InChI is InChI=1S/C15H19ClN2O/c1-11-3-2-6-15(9-11,10-16)18-14-12-5-8-19-13(12)4-7-17-14/h4-5,7-8,11H,2-3,6,9-10H2,1H3,(H,17,18). The number of aromatic nitrogens is 1. The van der Waals surface area contributed by atoms with Crippen LogP contribution in [0.5, 0.6) is 0 Å². The molecule has 2 aromatic rings. The fraction of sp³-hybridized carbons (Fsp3) is 0.533. The van der Waals surface area contributed by atoms with Crippen molar-refractivity contribution in [1.82, 2.24) is 4.98 Å². The normalized spacial score (nSPS) is 27.6. The SMILES string of the molecule is CC1CCCC(CCl)(Nc2nccc3occc23)C1. The first-order valence-electron chi connectivity index (χ1n) is 6.89. The first kappa shape index (κ1) is 12.8. The van der Waals surface area contributed by atoms with E-state index in [1.807, 2.05) is 12.1 Å². The third-order valence-corrected chi connectivity index (χ3v) is 4.62. The van der Waals surface area contributed by atoms with Gasteiger partial charge >= 0.3 is 0 Å². The topological polar surface area (TPSA) is 38.1 Å². The molecule has 0 spiro atoms. The van der Waals surface area contributed by atoms with Gasteiger partial charge in [-0.2, -0.15) is 0 Å². The largest absolute Gasteiger partial charge is 0.464 e. The molecule has 1 aliphatic rings. The highest BCUT2D eigenvalue weighted by molar-refractivity contribution is 6.19. The van der Waals surface area contributed by atoms with Gasteiger partial charge in [0.1, 0.15) is 11.4 Å². The molecule has 0 saturated heterocycles. The summed E-state index contributed by atoms with van der Waals surface area (Å²) in [6.45, 7) is 2.30. The number of anilines is 1. The second kappa shape index (κ2) is 5.04. The summed E-state index contributed by atoms with van der Waals surface area (Å²) >= 11 is 6.26. The average Bonchev–Trinajstić information content (AvgIpc) is 2.88. The number of hydrogen-bond donors (Lipinski definition) is 1. The Morgan fingerprint density at radius 1 is 1.53 bits per heavy atom. The Labute approximate surface area is 118 Å². The van der Waals surface area contributed by atoms with Crippen LogP contribution in [0.3, 0.4) is 0 Å². The molecule has 2 heterocycles. The van der Waals surface area contributed by atoms with Crippen LogP contribution >= 0.6 is 11.6 Å². The molecule has 0 radical (unpaired) electrons. The molecular weight excluding hydrogens is 260 g/mol. The first-order valence-corrected chi connectivity index (χ1v) is 7.42. The van der Waals surface area contributed by atoms with Gasteiger partial charge in [0, 0.05) is 12.1 Å². The van der Waals surface area contributed by atoms with Crippen molar-refractivity contribution in [3.63, 3.8) is 0 Å². The minimum absolute atomic E-state index is 0.0300. The molecule has 102 valence electrons. The number of nitrogens with one attached hydrogen (secondary N) is 1. The predicted octanol–water partition coefficient (Wildman–Crippen LogP) is 4.43. The molecule has 2 aromatic heterocycles. The molecule has 1 aliphatic carbocycles. The Morgan fingerprint density at radius 2 is 2.42 bits per heavy atom. The van der Waals surface area contributed by atoms with Gasteiger partial charge < -0.3 is 9.73 Å². The number of rotatable bonds is 3. The van der Waals surface area contributed by atoms with E-state index >= 15 is 0 Å². The highest BCUT2D eigenvalue weighted by Gasteiger charge is 2.34. The maximum atomic E-state index is 6.26. The average molecular weight is 279 g/mol. The zero-order valence-corrected chi connectivity index (χ0v) is 11.9. The highest BCUT2D eigenvalue weighted by atomic mass is 35.5. The summed E-state index contributed by atoms with van der Waals surface area (Å²) in [5.74, 6) is 2.22. The smallest absolute Gasteiger partial charge is 0.139 e. The number of fused-ring (bicyclic) bond motifs is 1. The van der Waals surface area contributed by atoms with Gasteiger partial charge in [-0.25, -0.2) is 4.98 Å². The fourth-order valence-electron chi connectivity index (χ4n) is 3.17. The Kier molecular flexibility index (Phi) is 3.40. The van der Waals surface area contributed by atoms with Crippen LogP contribution in [-0.2, 0) is 0 Å². The van der Waals surface area contributed by atoms with E-state index in [1.165, 1.54) is 12.8 Å². The van der Waals surface area contributed by atoms with Gasteiger partial charge in [-0.15, -0.1) is 11.6 Å². The lowest BCUT2D eigenvalue weighted by Gasteiger charge is -2.39. The van der Waals surface area contributed by atoms with Gasteiger partial charge in [0.25, 0.3) is 0 Å². The monoisotopic (exact) mass is 278 g/mol. The number of hydrogen-bond acceptors (Lipinski definition) is 3. The molecule has 1 saturated carbocycles. The van der Waals surface area contributed by atoms with Crippen molar-refractivity contribution in [2.45, 2.75) is 38.1 Å². The number of pyridine rings is 1. The molecule has 3 nitrogen and oxygen atoms in total. The molecule has 0 amide bonds. The van der Waals surface area contributed by atoms with Crippen molar-refractivity contribution in [1.29, 1.82) is 0 Å². The van der Waals surface area contributed by atoms with Crippen molar-refractivity contribution >= 4 is 28.4 Å². The van der Waals surface area contributed by atoms with Gasteiger partial charge in [0.05, 0.1) is 17.2 Å². The Bertz CT molecular complexity index is 568. The third kappa shape index (κ3) is 2.44. The summed E-state index contributed by atoms with van der Waals surface area (Å²) < 4.78 is 5.42. The van der Waals surface area contributed by atoms with Gasteiger partial charge in [0.2, 0.25) is 0 Å². The minimum Gasteiger partial charge on any atom is -0.464 e. The molecule has 19 heavy (non-hydrogen) atoms. The lowest BCUT2D eigenvalue weighted by Crippen LogP contribution is -2.44. The number of halogens is 1. The summed E-state index contributed by atoms with van der Waals surface area (Å²) in [7, 11) is 0. The van der Waals surface area contributed by atoms with Crippen molar-refractivity contribution in [3.8, 4) is 0 Å². The highest BCUT2D eigenvalue weighted by Crippen LogP contribution is 2.37. The van der Waals surface area contributed by atoms with E-state index in [4.69, 9.17) is 16.0 Å². The second-order valence-corrected chi connectivity index (χ2v) is 6.00. The first-order chi connectivity index (χ1) is 9.22. The van der Waals surface area contributed by atoms with E-state index in [9.17, 15) is 0 Å². The van der Waals surface area contributed by atoms with Crippen LogP contribution in [0.2, 0.25) is 0 Å². The summed E-state index contributed by atoms with van der Waals surface area (Å²) in [6, 6.07) is 3.84. The molecule has 0 bridgehead atoms. The number of nitrogens with zero attached hydrogens (tertiary/aromatic N) is 1. The Morgan fingerprint density at radius 3 is 3.21 bits per heavy atom. The molecular formula is C15H19ClN2O. The van der Waals surface area contributed by atoms with Crippen LogP contribution in [0.15, 0.2) is 29.0 Å². The van der Waals surface area contributed by atoms with E-state index in [-0.39, 0.29) is 5.54 Å². The van der Waals surface area contributed by atoms with E-state index < -0.39 is 0 Å². The predicted molar refractivity (Wildman–Crippen MR) is 78.7 cm³/mol. The van der Waals surface area contributed by atoms with Gasteiger partial charge in [-0.1, -0.05) is 19.8 Å². The zero-order chi connectivity index (χ0) is 13.3. The maximum Gasteiger partial charge on any atom is 0.139 e. The second-order valence-electron chi connectivity index (χ2n) is 5.73. The van der Waals surface area contributed by atoms with Crippen molar-refractivity contribution in [2.75, 3.05) is 11.2 Å². The van der Waals surface area contributed by atoms with E-state index in [1.54, 1.807) is 12.5 Å². The Hall–Kier alpha value is -1.22. The third-order valence-electron chi connectivity index (χ3n) is 4.11. The molecule has 0 aromatic carbocycles. The van der Waals surface area contributed by atoms with Gasteiger partial charge in [-0.3, -0.25) is 0 Å². The van der Waals surface area contributed by atoms with E-state index in [0.29, 0.717) is 11.8 Å². The lowest BCUT2D eigenvalue weighted by molar-refractivity contribution is 0.279. The summed E-state index contributed by atoms with van der Waals surface area (Å²) in [4.78, 5) is 4.46. The number of furan rings is 1. The maximum absolute atomic E-state index is 6.26. The zero-order valence-electron chi connectivity index (χ0n) is 11.2. The molecule has 1 N–H and O–H groups in total. The summed E-state index contributed by atoms with van der Waals surface area (Å²) in [5, 5.41) is 4.63.